The SMILES string of the molecule is [C-]#[N+]c1c(-c2ccc(CC(=O)Cc3cc(C45CC(C)(C4)C5)no3)c(F)c2F)nn(C2(C)CC2)c1N. The molecule has 9 heteroatoms. The van der Waals surface area contributed by atoms with Crippen LogP contribution in [0.15, 0.2) is 22.7 Å². The molecule has 2 aromatic heterocycles. The van der Waals surface area contributed by atoms with Crippen LogP contribution in [0.25, 0.3) is 16.1 Å². The summed E-state index contributed by atoms with van der Waals surface area (Å²) in [4.78, 5) is 16.0. The highest BCUT2D eigenvalue weighted by atomic mass is 19.2. The molecule has 7 nitrogen and oxygen atoms in total. The van der Waals surface area contributed by atoms with Gasteiger partial charge in [-0.1, -0.05) is 24.2 Å². The van der Waals surface area contributed by atoms with Crippen LogP contribution in [0.3, 0.4) is 0 Å². The van der Waals surface area contributed by atoms with Gasteiger partial charge in [-0.3, -0.25) is 9.48 Å². The largest absolute Gasteiger partial charge is 0.393 e. The molecule has 0 aliphatic heterocycles. The first kappa shape index (κ1) is 22.0. The van der Waals surface area contributed by atoms with Gasteiger partial charge in [0.05, 0.1) is 24.2 Å². The summed E-state index contributed by atoms with van der Waals surface area (Å²) in [7, 11) is 0. The number of hydrogen-bond donors (Lipinski definition) is 1. The lowest BCUT2D eigenvalue weighted by molar-refractivity contribution is -0.129. The van der Waals surface area contributed by atoms with Crippen molar-refractivity contribution in [2.45, 2.75) is 69.7 Å². The van der Waals surface area contributed by atoms with Crippen molar-refractivity contribution in [3.8, 4) is 11.3 Å². The highest BCUT2D eigenvalue weighted by Crippen LogP contribution is 2.73. The molecule has 4 fully saturated rings. The van der Waals surface area contributed by atoms with Crippen LogP contribution in [0, 0.1) is 23.6 Å². The molecular formula is C26H25F2N5O2. The Balaban J connectivity index is 1.20. The van der Waals surface area contributed by atoms with Crippen LogP contribution in [0.2, 0.25) is 0 Å². The number of halogens is 2. The number of carbonyl (C=O) groups excluding carboxylic acids is 1. The van der Waals surface area contributed by atoms with E-state index in [0.717, 1.165) is 37.8 Å². The van der Waals surface area contributed by atoms with E-state index in [0.29, 0.717) is 11.2 Å². The monoisotopic (exact) mass is 477 g/mol. The van der Waals surface area contributed by atoms with Gasteiger partial charge in [-0.05, 0) is 50.0 Å². The van der Waals surface area contributed by atoms with Crippen LogP contribution >= 0.6 is 0 Å². The van der Waals surface area contributed by atoms with Crippen LogP contribution in [0.1, 0.15) is 63.0 Å². The van der Waals surface area contributed by atoms with Crippen LogP contribution in [0.5, 0.6) is 0 Å². The van der Waals surface area contributed by atoms with Gasteiger partial charge in [-0.25, -0.2) is 13.6 Å². The molecule has 0 saturated heterocycles. The fourth-order valence-electron chi connectivity index (χ4n) is 6.11. The summed E-state index contributed by atoms with van der Waals surface area (Å²) < 4.78 is 37.0. The average Bonchev–Trinajstić information content (AvgIpc) is 3.19. The highest BCUT2D eigenvalue weighted by molar-refractivity contribution is 5.85. The quantitative estimate of drug-likeness (QED) is 0.469. The second kappa shape index (κ2) is 7.00. The molecule has 2 N–H and O–H groups in total. The molecule has 0 unspecified atom stereocenters. The number of aromatic nitrogens is 3. The topological polar surface area (TPSA) is 91.3 Å². The average molecular weight is 478 g/mol. The number of nitrogen functional groups attached to an aromatic ring is 1. The standard InChI is InChI=1S/C26H25F2N5O2/c1-24-11-26(12-24,13-24)18-10-16(35-32-18)9-15(34)8-14-4-5-17(20(28)19(14)27)21-22(30-3)23(29)33(31-21)25(2)6-7-25/h4-5,10H,6-9,11-13,29H2,1-2H3. The Morgan fingerprint density at radius 2 is 1.91 bits per heavy atom. The van der Waals surface area contributed by atoms with Gasteiger partial charge >= 0.3 is 0 Å². The minimum absolute atomic E-state index is 0.000850. The zero-order chi connectivity index (χ0) is 24.8. The van der Waals surface area contributed by atoms with Gasteiger partial charge in [0, 0.05) is 23.5 Å². The van der Waals surface area contributed by atoms with Crippen LogP contribution in [0.4, 0.5) is 20.3 Å². The number of Topliss-reactive ketones (excluding diaryl/α,β-unsaturated/α-hetero) is 1. The Morgan fingerprint density at radius 1 is 1.20 bits per heavy atom. The van der Waals surface area contributed by atoms with E-state index < -0.39 is 11.6 Å². The van der Waals surface area contributed by atoms with Gasteiger partial charge in [-0.2, -0.15) is 5.10 Å². The molecule has 0 radical (unpaired) electrons. The number of anilines is 1. The molecule has 4 saturated carbocycles. The molecular weight excluding hydrogens is 452 g/mol. The Bertz CT molecular complexity index is 1420. The highest BCUT2D eigenvalue weighted by Gasteiger charge is 2.66. The summed E-state index contributed by atoms with van der Waals surface area (Å²) in [5.41, 5.74) is 7.01. The van der Waals surface area contributed by atoms with Gasteiger partial charge in [0.1, 0.15) is 23.1 Å². The van der Waals surface area contributed by atoms with E-state index in [4.69, 9.17) is 16.8 Å². The lowest BCUT2D eigenvalue weighted by Gasteiger charge is -2.68. The lowest BCUT2D eigenvalue weighted by Crippen LogP contribution is -2.63. The number of ketones is 1. The summed E-state index contributed by atoms with van der Waals surface area (Å²) >= 11 is 0. The molecule has 0 spiro atoms. The van der Waals surface area contributed by atoms with Gasteiger partial charge in [0.15, 0.2) is 11.6 Å². The van der Waals surface area contributed by atoms with Crippen molar-refractivity contribution in [2.24, 2.45) is 5.41 Å². The van der Waals surface area contributed by atoms with Crippen LogP contribution < -0.4 is 5.73 Å². The number of nitrogens with zero attached hydrogens (tertiary/aromatic N) is 4. The van der Waals surface area contributed by atoms with Crippen LogP contribution in [-0.2, 0) is 28.6 Å². The van der Waals surface area contributed by atoms with E-state index >= 15 is 4.39 Å². The minimum atomic E-state index is -1.15. The molecule has 4 aliphatic carbocycles. The molecule has 0 amide bonds. The molecule has 35 heavy (non-hydrogen) atoms. The van der Waals surface area contributed by atoms with Crippen molar-refractivity contribution in [3.05, 3.63) is 58.3 Å². The third-order valence-corrected chi connectivity index (χ3v) is 8.07. The maximum absolute atomic E-state index is 15.1. The van der Waals surface area contributed by atoms with E-state index in [1.807, 2.05) is 13.0 Å². The van der Waals surface area contributed by atoms with E-state index in [-0.39, 0.29) is 57.9 Å². The summed E-state index contributed by atoms with van der Waals surface area (Å²) in [6, 6.07) is 4.54. The predicted molar refractivity (Wildman–Crippen MR) is 124 cm³/mol. The molecule has 7 rings (SSSR count). The Kier molecular flexibility index (Phi) is 4.39. The number of carbonyl (C=O) groups is 1. The molecule has 3 aromatic rings. The number of nitrogens with two attached hydrogens (primary N) is 1. The van der Waals surface area contributed by atoms with Crippen molar-refractivity contribution >= 4 is 17.3 Å². The normalized spacial score (nSPS) is 25.5. The Hall–Kier alpha value is -3.54. The van der Waals surface area contributed by atoms with E-state index in [1.165, 1.54) is 16.8 Å². The lowest BCUT2D eigenvalue weighted by atomic mass is 9.35. The maximum atomic E-state index is 15.1. The van der Waals surface area contributed by atoms with E-state index in [1.54, 1.807) is 0 Å². The first-order valence-corrected chi connectivity index (χ1v) is 11.8. The summed E-state index contributed by atoms with van der Waals surface area (Å²) in [6.07, 6.45) is 4.65. The number of benzene rings is 1. The second-order valence-electron chi connectivity index (χ2n) is 11.2. The molecule has 180 valence electrons. The van der Waals surface area contributed by atoms with Gasteiger partial charge in [0.25, 0.3) is 5.69 Å². The Labute approximate surface area is 201 Å². The third-order valence-electron chi connectivity index (χ3n) is 8.07. The van der Waals surface area contributed by atoms with Crippen molar-refractivity contribution < 1.29 is 18.1 Å². The van der Waals surface area contributed by atoms with Crippen molar-refractivity contribution in [3.63, 3.8) is 0 Å². The van der Waals surface area contributed by atoms with Gasteiger partial charge < -0.3 is 10.3 Å². The van der Waals surface area contributed by atoms with E-state index in [9.17, 15) is 9.18 Å². The smallest absolute Gasteiger partial charge is 0.255 e. The molecule has 1 aromatic carbocycles. The molecule has 4 aliphatic rings. The first-order valence-electron chi connectivity index (χ1n) is 11.8. The fraction of sp³-hybridized carbons (Fsp3) is 0.462. The van der Waals surface area contributed by atoms with Crippen molar-refractivity contribution in [1.29, 1.82) is 0 Å². The maximum Gasteiger partial charge on any atom is 0.255 e. The summed E-state index contributed by atoms with van der Waals surface area (Å²) in [6.45, 7) is 11.7. The Morgan fingerprint density at radius 3 is 2.54 bits per heavy atom. The predicted octanol–water partition coefficient (Wildman–Crippen LogP) is 5.25. The second-order valence-corrected chi connectivity index (χ2v) is 11.2. The zero-order valence-electron chi connectivity index (χ0n) is 19.6. The summed E-state index contributed by atoms with van der Waals surface area (Å²) in [5.74, 6) is -2.00. The van der Waals surface area contributed by atoms with Crippen LogP contribution in [-0.4, -0.2) is 20.7 Å². The van der Waals surface area contributed by atoms with Gasteiger partial charge in [-0.15, -0.1) is 0 Å². The summed E-state index contributed by atoms with van der Waals surface area (Å²) in [5, 5.41) is 8.52. The number of hydrogen-bond acceptors (Lipinski definition) is 5. The minimum Gasteiger partial charge on any atom is -0.393 e. The van der Waals surface area contributed by atoms with Crippen molar-refractivity contribution in [2.75, 3.05) is 5.73 Å². The molecule has 2 bridgehead atoms. The third kappa shape index (κ3) is 3.23. The fourth-order valence-corrected chi connectivity index (χ4v) is 6.11. The molecule has 2 heterocycles. The van der Waals surface area contributed by atoms with Gasteiger partial charge in [0.2, 0.25) is 0 Å². The van der Waals surface area contributed by atoms with Crippen molar-refractivity contribution in [1.82, 2.24) is 14.9 Å². The van der Waals surface area contributed by atoms with E-state index in [2.05, 4.69) is 22.0 Å². The zero-order valence-corrected chi connectivity index (χ0v) is 19.6. The molecule has 0 atom stereocenters. The first-order chi connectivity index (χ1) is 16.6. The number of rotatable bonds is 7.